The van der Waals surface area contributed by atoms with E-state index in [-0.39, 0.29) is 25.1 Å². The molecule has 1 aliphatic rings. The smallest absolute Gasteiger partial charge is 0.248 e. The van der Waals surface area contributed by atoms with Gasteiger partial charge in [0.2, 0.25) is 12.1 Å². The third-order valence-corrected chi connectivity index (χ3v) is 4.31. The molecule has 0 aliphatic carbocycles. The van der Waals surface area contributed by atoms with Crippen LogP contribution in [0.1, 0.15) is 16.8 Å². The van der Waals surface area contributed by atoms with E-state index in [0.717, 1.165) is 0 Å². The Balaban J connectivity index is 2.31. The van der Waals surface area contributed by atoms with Crippen molar-refractivity contribution in [3.05, 3.63) is 46.3 Å². The molecular formula is C16H21N3O8. The topological polar surface area (TPSA) is 185 Å². The molecule has 5 N–H and O–H groups in total. The first kappa shape index (κ1) is 21.2. The Morgan fingerprint density at radius 1 is 1.30 bits per heavy atom. The second-order valence-electron chi connectivity index (χ2n) is 5.99. The van der Waals surface area contributed by atoms with Crippen LogP contribution in [-0.4, -0.2) is 81.0 Å². The van der Waals surface area contributed by atoms with Crippen molar-refractivity contribution in [3.8, 4) is 0 Å². The average molecular weight is 383 g/mol. The van der Waals surface area contributed by atoms with Gasteiger partial charge in [0, 0.05) is 17.0 Å². The van der Waals surface area contributed by atoms with E-state index < -0.39 is 42.3 Å². The summed E-state index contributed by atoms with van der Waals surface area (Å²) < 4.78 is 10.0. The van der Waals surface area contributed by atoms with Crippen molar-refractivity contribution < 1.29 is 39.8 Å². The van der Waals surface area contributed by atoms with Gasteiger partial charge in [-0.05, 0) is 12.0 Å². The SMILES string of the molecule is [N-]=[N+]=NCCCO[C@@]1(O)[C@H](O)O[C@H](CO)[C@](O)(C(=O)c2ccccc2)[C@@H]1O. The maximum Gasteiger partial charge on any atom is 0.248 e. The number of nitrogens with zero attached hydrogens (tertiary/aromatic N) is 3. The van der Waals surface area contributed by atoms with Crippen LogP contribution >= 0.6 is 0 Å². The zero-order chi connectivity index (χ0) is 20.1. The van der Waals surface area contributed by atoms with E-state index >= 15 is 0 Å². The maximum atomic E-state index is 12.8. The number of ether oxygens (including phenoxy) is 2. The van der Waals surface area contributed by atoms with Crippen LogP contribution in [0.4, 0.5) is 0 Å². The molecule has 1 heterocycles. The number of benzene rings is 1. The van der Waals surface area contributed by atoms with Gasteiger partial charge in [0.25, 0.3) is 0 Å². The lowest BCUT2D eigenvalue weighted by Gasteiger charge is -2.50. The van der Waals surface area contributed by atoms with Crippen molar-refractivity contribution >= 4 is 5.78 Å². The standard InChI is InChI=1S/C16H21N3O8/c17-19-18-7-4-8-26-16(25)13(22)15(24,11(9-20)27-14(16)23)12(21)10-5-2-1-3-6-10/h1-3,5-6,11,13-14,20,22-25H,4,7-9H2/t11-,13+,14-,15+,16-/m1/s1. The Morgan fingerprint density at radius 2 is 1.96 bits per heavy atom. The van der Waals surface area contributed by atoms with E-state index in [1.165, 1.54) is 24.3 Å². The Hall–Kier alpha value is -2.08. The van der Waals surface area contributed by atoms with Crippen molar-refractivity contribution in [2.45, 2.75) is 36.3 Å². The molecule has 0 aromatic heterocycles. The van der Waals surface area contributed by atoms with Crippen LogP contribution in [0.3, 0.4) is 0 Å². The third kappa shape index (κ3) is 3.95. The summed E-state index contributed by atoms with van der Waals surface area (Å²) in [5, 5.41) is 54.8. The zero-order valence-corrected chi connectivity index (χ0v) is 14.2. The number of hydrogen-bond donors (Lipinski definition) is 5. The van der Waals surface area contributed by atoms with Crippen LogP contribution in [-0.2, 0) is 9.47 Å². The molecule has 1 aliphatic heterocycles. The van der Waals surface area contributed by atoms with E-state index in [0.29, 0.717) is 0 Å². The second-order valence-corrected chi connectivity index (χ2v) is 5.99. The first-order valence-electron chi connectivity index (χ1n) is 8.14. The predicted octanol–water partition coefficient (Wildman–Crippen LogP) is -0.924. The van der Waals surface area contributed by atoms with Gasteiger partial charge in [-0.3, -0.25) is 4.79 Å². The number of azide groups is 1. The third-order valence-electron chi connectivity index (χ3n) is 4.31. The Labute approximate surface area is 154 Å². The predicted molar refractivity (Wildman–Crippen MR) is 89.2 cm³/mol. The summed E-state index contributed by atoms with van der Waals surface area (Å²) in [6.45, 7) is -1.19. The van der Waals surface area contributed by atoms with Crippen molar-refractivity contribution in [2.24, 2.45) is 5.11 Å². The number of hydrogen-bond acceptors (Lipinski definition) is 9. The minimum absolute atomic E-state index is 0.0109. The largest absolute Gasteiger partial charge is 0.394 e. The summed E-state index contributed by atoms with van der Waals surface area (Å²) in [6, 6.07) is 7.41. The zero-order valence-electron chi connectivity index (χ0n) is 14.2. The lowest BCUT2D eigenvalue weighted by Crippen LogP contribution is -2.76. The molecule has 1 saturated heterocycles. The minimum Gasteiger partial charge on any atom is -0.394 e. The molecule has 27 heavy (non-hydrogen) atoms. The fraction of sp³-hybridized carbons (Fsp3) is 0.562. The molecule has 0 bridgehead atoms. The summed E-state index contributed by atoms with van der Waals surface area (Å²) in [6.07, 6.45) is -6.10. The lowest BCUT2D eigenvalue weighted by atomic mass is 9.77. The number of carbonyl (C=O) groups excluding carboxylic acids is 1. The molecular weight excluding hydrogens is 362 g/mol. The van der Waals surface area contributed by atoms with Gasteiger partial charge in [0.1, 0.15) is 6.10 Å². The van der Waals surface area contributed by atoms with E-state index in [2.05, 4.69) is 10.0 Å². The van der Waals surface area contributed by atoms with Gasteiger partial charge >= 0.3 is 0 Å². The van der Waals surface area contributed by atoms with Gasteiger partial charge in [-0.15, -0.1) is 0 Å². The fourth-order valence-electron chi connectivity index (χ4n) is 2.82. The normalized spacial score (nSPS) is 33.3. The number of aliphatic hydroxyl groups is 5. The number of rotatable bonds is 8. The number of carbonyl (C=O) groups is 1. The Kier molecular flexibility index (Phi) is 6.87. The number of aliphatic hydroxyl groups excluding tert-OH is 3. The van der Waals surface area contributed by atoms with Gasteiger partial charge in [-0.25, -0.2) is 0 Å². The van der Waals surface area contributed by atoms with Crippen molar-refractivity contribution in [2.75, 3.05) is 19.8 Å². The van der Waals surface area contributed by atoms with Gasteiger partial charge in [-0.1, -0.05) is 35.4 Å². The molecule has 1 aromatic rings. The number of Topliss-reactive ketones (excluding diaryl/α,β-unsaturated/α-hetero) is 1. The summed E-state index contributed by atoms with van der Waals surface area (Å²) in [5.74, 6) is -3.89. The summed E-state index contributed by atoms with van der Waals surface area (Å²) in [5.41, 5.74) is 5.41. The highest BCUT2D eigenvalue weighted by Crippen LogP contribution is 2.38. The first-order valence-corrected chi connectivity index (χ1v) is 8.14. The minimum atomic E-state index is -2.86. The molecule has 0 unspecified atom stereocenters. The van der Waals surface area contributed by atoms with Gasteiger partial charge in [-0.2, -0.15) is 0 Å². The highest BCUT2D eigenvalue weighted by atomic mass is 16.7. The highest BCUT2D eigenvalue weighted by Gasteiger charge is 2.66. The molecule has 1 fully saturated rings. The molecule has 0 spiro atoms. The van der Waals surface area contributed by atoms with Crippen LogP contribution in [0, 0.1) is 0 Å². The van der Waals surface area contributed by atoms with E-state index in [4.69, 9.17) is 15.0 Å². The average Bonchev–Trinajstić information content (AvgIpc) is 2.69. The van der Waals surface area contributed by atoms with Crippen molar-refractivity contribution in [1.29, 1.82) is 0 Å². The van der Waals surface area contributed by atoms with Crippen molar-refractivity contribution in [1.82, 2.24) is 0 Å². The maximum absolute atomic E-state index is 12.8. The van der Waals surface area contributed by atoms with Crippen LogP contribution in [0.2, 0.25) is 0 Å². The second kappa shape index (κ2) is 8.74. The van der Waals surface area contributed by atoms with E-state index in [1.54, 1.807) is 6.07 Å². The van der Waals surface area contributed by atoms with Gasteiger partial charge < -0.3 is 35.0 Å². The van der Waals surface area contributed by atoms with Crippen LogP contribution in [0.5, 0.6) is 0 Å². The molecule has 0 radical (unpaired) electrons. The van der Waals surface area contributed by atoms with E-state index in [1.807, 2.05) is 0 Å². The van der Waals surface area contributed by atoms with Crippen molar-refractivity contribution in [3.63, 3.8) is 0 Å². The molecule has 1 aromatic carbocycles. The van der Waals surface area contributed by atoms with E-state index in [9.17, 15) is 30.3 Å². The van der Waals surface area contributed by atoms with Gasteiger partial charge in [0.15, 0.2) is 17.5 Å². The molecule has 148 valence electrons. The van der Waals surface area contributed by atoms with Crippen LogP contribution < -0.4 is 0 Å². The Bertz CT molecular complexity index is 698. The lowest BCUT2D eigenvalue weighted by molar-refractivity contribution is -0.419. The Morgan fingerprint density at radius 3 is 2.56 bits per heavy atom. The monoisotopic (exact) mass is 383 g/mol. The quantitative estimate of drug-likeness (QED) is 0.0951. The molecule has 11 heteroatoms. The fourth-order valence-corrected chi connectivity index (χ4v) is 2.82. The molecule has 2 rings (SSSR count). The van der Waals surface area contributed by atoms with Gasteiger partial charge in [0.05, 0.1) is 13.2 Å². The molecule has 11 nitrogen and oxygen atoms in total. The molecule has 0 amide bonds. The summed E-state index contributed by atoms with van der Waals surface area (Å²) in [4.78, 5) is 15.3. The summed E-state index contributed by atoms with van der Waals surface area (Å²) >= 11 is 0. The molecule has 0 saturated carbocycles. The van der Waals surface area contributed by atoms with Crippen LogP contribution in [0.25, 0.3) is 10.4 Å². The van der Waals surface area contributed by atoms with Crippen LogP contribution in [0.15, 0.2) is 35.4 Å². The number of ketones is 1. The molecule has 5 atom stereocenters. The first-order chi connectivity index (χ1) is 12.8. The highest BCUT2D eigenvalue weighted by molar-refractivity contribution is 6.03. The summed E-state index contributed by atoms with van der Waals surface area (Å²) in [7, 11) is 0.